The van der Waals surface area contributed by atoms with E-state index in [2.05, 4.69) is 15.5 Å². The van der Waals surface area contributed by atoms with Crippen LogP contribution in [-0.4, -0.2) is 26.4 Å². The van der Waals surface area contributed by atoms with Gasteiger partial charge in [-0.15, -0.1) is 21.5 Å². The number of hydrogen-bond donors (Lipinski definition) is 1. The fraction of sp³-hybridized carbons (Fsp3) is 0.278. The number of carbonyl (C=O) groups is 1. The zero-order valence-corrected chi connectivity index (χ0v) is 16.4. The van der Waals surface area contributed by atoms with Crippen molar-refractivity contribution in [3.05, 3.63) is 52.9 Å². The molecule has 9 heteroatoms. The van der Waals surface area contributed by atoms with Crippen molar-refractivity contribution in [2.24, 2.45) is 0 Å². The first-order valence-electron chi connectivity index (χ1n) is 8.33. The second-order valence-electron chi connectivity index (χ2n) is 5.78. The van der Waals surface area contributed by atoms with Crippen LogP contribution in [0, 0.1) is 11.6 Å². The van der Waals surface area contributed by atoms with Crippen molar-refractivity contribution in [3.63, 3.8) is 0 Å². The maximum atomic E-state index is 13.3. The van der Waals surface area contributed by atoms with Gasteiger partial charge in [0.05, 0.1) is 16.7 Å². The van der Waals surface area contributed by atoms with Crippen molar-refractivity contribution >= 4 is 29.0 Å². The Morgan fingerprint density at radius 3 is 2.78 bits per heavy atom. The van der Waals surface area contributed by atoms with E-state index in [0.717, 1.165) is 22.8 Å². The maximum Gasteiger partial charge on any atom is 0.230 e. The third kappa shape index (κ3) is 4.54. The highest BCUT2D eigenvalue weighted by Crippen LogP contribution is 2.27. The predicted molar refractivity (Wildman–Crippen MR) is 103 cm³/mol. The van der Waals surface area contributed by atoms with Gasteiger partial charge < -0.3 is 9.88 Å². The summed E-state index contributed by atoms with van der Waals surface area (Å²) in [6, 6.07) is 7.10. The number of benzene rings is 1. The van der Waals surface area contributed by atoms with Crippen molar-refractivity contribution in [2.75, 3.05) is 5.75 Å². The summed E-state index contributed by atoms with van der Waals surface area (Å²) in [5.41, 5.74) is 0.504. The minimum Gasteiger partial charge on any atom is -0.349 e. The lowest BCUT2D eigenvalue weighted by Crippen LogP contribution is -2.28. The van der Waals surface area contributed by atoms with Gasteiger partial charge in [0.1, 0.15) is 0 Å². The summed E-state index contributed by atoms with van der Waals surface area (Å²) in [5, 5.41) is 13.8. The van der Waals surface area contributed by atoms with Gasteiger partial charge in [-0.1, -0.05) is 23.9 Å². The first kappa shape index (κ1) is 19.5. The highest BCUT2D eigenvalue weighted by atomic mass is 32.2. The number of thiophene rings is 1. The molecule has 142 valence electrons. The summed E-state index contributed by atoms with van der Waals surface area (Å²) in [6.07, 6.45) is 0. The number of amides is 1. The lowest BCUT2D eigenvalue weighted by atomic mass is 10.1. The highest BCUT2D eigenvalue weighted by Gasteiger charge is 2.16. The number of nitrogens with zero attached hydrogens (tertiary/aromatic N) is 3. The molecular formula is C18H18F2N4OS2. The van der Waals surface area contributed by atoms with E-state index in [1.807, 2.05) is 29.0 Å². The highest BCUT2D eigenvalue weighted by molar-refractivity contribution is 7.99. The maximum absolute atomic E-state index is 13.3. The molecule has 0 saturated heterocycles. The first-order chi connectivity index (χ1) is 13.0. The van der Waals surface area contributed by atoms with Crippen molar-refractivity contribution in [1.29, 1.82) is 0 Å². The third-order valence-electron chi connectivity index (χ3n) is 3.93. The summed E-state index contributed by atoms with van der Waals surface area (Å²) >= 11 is 2.87. The Balaban J connectivity index is 1.61. The molecule has 5 nitrogen and oxygen atoms in total. The average Bonchev–Trinajstić information content (AvgIpc) is 3.30. The first-order valence-corrected chi connectivity index (χ1v) is 10.2. The van der Waals surface area contributed by atoms with Crippen LogP contribution in [-0.2, 0) is 11.3 Å². The molecule has 0 spiro atoms. The minimum atomic E-state index is -0.930. The number of aromatic nitrogens is 3. The van der Waals surface area contributed by atoms with Gasteiger partial charge in [0.15, 0.2) is 22.6 Å². The van der Waals surface area contributed by atoms with E-state index in [0.29, 0.717) is 17.3 Å². The van der Waals surface area contributed by atoms with Crippen LogP contribution < -0.4 is 5.32 Å². The van der Waals surface area contributed by atoms with E-state index >= 15 is 0 Å². The SMILES string of the molecule is CCn1c(SCC(=O)NC(C)c2ccc(F)c(F)c2)nnc1-c1cccs1. The molecule has 0 bridgehead atoms. The van der Waals surface area contributed by atoms with E-state index < -0.39 is 17.7 Å². The molecule has 1 aromatic carbocycles. The number of rotatable bonds is 7. The van der Waals surface area contributed by atoms with Gasteiger partial charge >= 0.3 is 0 Å². The van der Waals surface area contributed by atoms with Crippen LogP contribution >= 0.6 is 23.1 Å². The lowest BCUT2D eigenvalue weighted by Gasteiger charge is -2.14. The molecule has 0 fully saturated rings. The molecule has 1 N–H and O–H groups in total. The Morgan fingerprint density at radius 1 is 1.30 bits per heavy atom. The van der Waals surface area contributed by atoms with Crippen molar-refractivity contribution in [1.82, 2.24) is 20.1 Å². The summed E-state index contributed by atoms with van der Waals surface area (Å²) in [4.78, 5) is 13.3. The zero-order valence-electron chi connectivity index (χ0n) is 14.8. The van der Waals surface area contributed by atoms with Crippen LogP contribution in [0.5, 0.6) is 0 Å². The van der Waals surface area contributed by atoms with Crippen LogP contribution in [0.2, 0.25) is 0 Å². The molecular weight excluding hydrogens is 390 g/mol. The van der Waals surface area contributed by atoms with E-state index in [9.17, 15) is 13.6 Å². The molecule has 0 aliphatic carbocycles. The largest absolute Gasteiger partial charge is 0.349 e. The Kier molecular flexibility index (Phi) is 6.22. The number of carbonyl (C=O) groups excluding carboxylic acids is 1. The van der Waals surface area contributed by atoms with Crippen molar-refractivity contribution in [3.8, 4) is 10.7 Å². The number of nitrogens with one attached hydrogen (secondary N) is 1. The number of thioether (sulfide) groups is 1. The van der Waals surface area contributed by atoms with Gasteiger partial charge in [-0.05, 0) is 43.0 Å². The molecule has 0 aliphatic heterocycles. The Hall–Kier alpha value is -2.26. The minimum absolute atomic E-state index is 0.149. The molecule has 1 atom stereocenters. The summed E-state index contributed by atoms with van der Waals surface area (Å²) in [5.74, 6) is -1.13. The van der Waals surface area contributed by atoms with Gasteiger partial charge in [0.25, 0.3) is 0 Å². The number of halogens is 2. The molecule has 2 aromatic heterocycles. The third-order valence-corrected chi connectivity index (χ3v) is 5.76. The number of hydrogen-bond acceptors (Lipinski definition) is 5. The Labute approximate surface area is 163 Å². The standard InChI is InChI=1S/C18H18F2N4OS2/c1-3-24-17(15-5-4-8-26-15)22-23-18(24)27-10-16(25)21-11(2)12-6-7-13(19)14(20)9-12/h4-9,11H,3,10H2,1-2H3,(H,21,25). The van der Waals surface area contributed by atoms with E-state index in [1.165, 1.54) is 17.8 Å². The van der Waals surface area contributed by atoms with Gasteiger partial charge in [-0.25, -0.2) is 8.78 Å². The van der Waals surface area contributed by atoms with Crippen LogP contribution in [0.25, 0.3) is 10.7 Å². The van der Waals surface area contributed by atoms with E-state index in [4.69, 9.17) is 0 Å². The van der Waals surface area contributed by atoms with E-state index in [-0.39, 0.29) is 11.7 Å². The van der Waals surface area contributed by atoms with Gasteiger partial charge in [0.2, 0.25) is 5.91 Å². The molecule has 2 heterocycles. The monoisotopic (exact) mass is 408 g/mol. The van der Waals surface area contributed by atoms with E-state index in [1.54, 1.807) is 18.3 Å². The van der Waals surface area contributed by atoms with Gasteiger partial charge in [0, 0.05) is 6.54 Å². The molecule has 0 radical (unpaired) electrons. The second-order valence-corrected chi connectivity index (χ2v) is 7.67. The normalized spacial score (nSPS) is 12.1. The van der Waals surface area contributed by atoms with Crippen molar-refractivity contribution in [2.45, 2.75) is 31.6 Å². The van der Waals surface area contributed by atoms with Crippen LogP contribution in [0.15, 0.2) is 40.9 Å². The van der Waals surface area contributed by atoms with Gasteiger partial charge in [-0.3, -0.25) is 4.79 Å². The zero-order chi connectivity index (χ0) is 19.4. The fourth-order valence-electron chi connectivity index (χ4n) is 2.55. The molecule has 3 aromatic rings. The smallest absolute Gasteiger partial charge is 0.230 e. The summed E-state index contributed by atoms with van der Waals surface area (Å²) in [6.45, 7) is 4.41. The second kappa shape index (κ2) is 8.62. The molecule has 3 rings (SSSR count). The fourth-order valence-corrected chi connectivity index (χ4v) is 4.08. The quantitative estimate of drug-likeness (QED) is 0.593. The Bertz CT molecular complexity index is 928. The van der Waals surface area contributed by atoms with Gasteiger partial charge in [-0.2, -0.15) is 0 Å². The summed E-state index contributed by atoms with van der Waals surface area (Å²) in [7, 11) is 0. The topological polar surface area (TPSA) is 59.8 Å². The molecule has 27 heavy (non-hydrogen) atoms. The summed E-state index contributed by atoms with van der Waals surface area (Å²) < 4.78 is 28.3. The molecule has 0 aliphatic rings. The predicted octanol–water partition coefficient (Wildman–Crippen LogP) is 4.27. The van der Waals surface area contributed by atoms with Crippen LogP contribution in [0.1, 0.15) is 25.5 Å². The average molecular weight is 408 g/mol. The van der Waals surface area contributed by atoms with Crippen LogP contribution in [0.3, 0.4) is 0 Å². The van der Waals surface area contributed by atoms with Crippen LogP contribution in [0.4, 0.5) is 8.78 Å². The Morgan fingerprint density at radius 2 is 2.11 bits per heavy atom. The lowest BCUT2D eigenvalue weighted by molar-refractivity contribution is -0.119. The molecule has 0 saturated carbocycles. The molecule has 1 unspecified atom stereocenters. The molecule has 1 amide bonds. The van der Waals surface area contributed by atoms with Crippen molar-refractivity contribution < 1.29 is 13.6 Å².